The Morgan fingerprint density at radius 2 is 1.35 bits per heavy atom. The van der Waals surface area contributed by atoms with Crippen LogP contribution >= 0.6 is 0 Å². The Morgan fingerprint density at radius 3 is 1.95 bits per heavy atom. The van der Waals surface area contributed by atoms with E-state index in [1.54, 1.807) is 0 Å². The first-order valence-corrected chi connectivity index (χ1v) is 11.8. The maximum Gasteiger partial charge on any atom is 0.407 e. The highest BCUT2D eigenvalue weighted by atomic mass is 16.5. The van der Waals surface area contributed by atoms with E-state index in [1.165, 1.54) is 0 Å². The molecule has 1 unspecified atom stereocenters. The zero-order valence-electron chi connectivity index (χ0n) is 20.3. The average Bonchev–Trinajstić information content (AvgIpc) is 3.20. The van der Waals surface area contributed by atoms with Gasteiger partial charge in [-0.25, -0.2) is 9.59 Å². The fraction of sp³-hybridized carbons (Fsp3) is 0.167. The minimum absolute atomic E-state index is 0.0769. The first-order valence-electron chi connectivity index (χ1n) is 11.8. The van der Waals surface area contributed by atoms with Crippen LogP contribution in [0.4, 0.5) is 4.79 Å². The molecule has 1 aliphatic rings. The Labute approximate surface area is 214 Å². The summed E-state index contributed by atoms with van der Waals surface area (Å²) in [6, 6.07) is 28.8. The third-order valence-corrected chi connectivity index (χ3v) is 6.19. The molecule has 3 N–H and O–H groups in total. The van der Waals surface area contributed by atoms with Gasteiger partial charge in [0.15, 0.2) is 0 Å². The first-order chi connectivity index (χ1) is 17.8. The second-order valence-corrected chi connectivity index (χ2v) is 8.77. The first kappa shape index (κ1) is 25.4. The van der Waals surface area contributed by atoms with E-state index in [-0.39, 0.29) is 18.9 Å². The van der Waals surface area contributed by atoms with Gasteiger partial charge in [0.2, 0.25) is 0 Å². The number of alkyl carbamates (subject to hydrolysis) is 1. The van der Waals surface area contributed by atoms with E-state index in [4.69, 9.17) is 14.6 Å². The molecule has 0 aliphatic heterocycles. The van der Waals surface area contributed by atoms with Gasteiger partial charge in [-0.1, -0.05) is 91.0 Å². The minimum Gasteiger partial charge on any atom is -0.481 e. The molecule has 4 aromatic rings. The number of aliphatic carboxylic acids is 2. The van der Waals surface area contributed by atoms with Gasteiger partial charge in [-0.05, 0) is 38.6 Å². The van der Waals surface area contributed by atoms with Crippen LogP contribution in [0.1, 0.15) is 29.5 Å². The van der Waals surface area contributed by atoms with Crippen LogP contribution in [0.5, 0.6) is 0 Å². The molecule has 1 atom stereocenters. The smallest absolute Gasteiger partial charge is 0.407 e. The van der Waals surface area contributed by atoms with Gasteiger partial charge < -0.3 is 20.3 Å². The molecule has 0 heterocycles. The zero-order valence-corrected chi connectivity index (χ0v) is 20.3. The van der Waals surface area contributed by atoms with Crippen molar-refractivity contribution in [1.29, 1.82) is 0 Å². The summed E-state index contributed by atoms with van der Waals surface area (Å²) in [4.78, 5) is 33.4. The van der Waals surface area contributed by atoms with Gasteiger partial charge in [-0.15, -0.1) is 0 Å². The molecule has 0 radical (unpaired) electrons. The molecule has 1 amide bonds. The maximum atomic E-state index is 12.5. The van der Waals surface area contributed by atoms with Crippen molar-refractivity contribution in [3.8, 4) is 11.1 Å². The van der Waals surface area contributed by atoms with Crippen LogP contribution in [-0.4, -0.2) is 40.9 Å². The molecule has 37 heavy (non-hydrogen) atoms. The molecule has 5 rings (SSSR count). The lowest BCUT2D eigenvalue weighted by atomic mass is 9.98. The lowest BCUT2D eigenvalue weighted by Gasteiger charge is -2.17. The van der Waals surface area contributed by atoms with Crippen molar-refractivity contribution in [3.05, 3.63) is 108 Å². The maximum absolute atomic E-state index is 12.5. The summed E-state index contributed by atoms with van der Waals surface area (Å²) in [6.45, 7) is 1.22. The van der Waals surface area contributed by atoms with E-state index < -0.39 is 24.1 Å². The Balaban J connectivity index is 0.000000747. The molecule has 0 bridgehead atoms. The second-order valence-electron chi connectivity index (χ2n) is 8.77. The highest BCUT2D eigenvalue weighted by Gasteiger charge is 2.29. The number of nitrogens with one attached hydrogen (secondary N) is 1. The molecule has 0 fully saturated rings. The van der Waals surface area contributed by atoms with E-state index in [0.29, 0.717) is 0 Å². The monoisotopic (exact) mass is 497 g/mol. The van der Waals surface area contributed by atoms with Crippen molar-refractivity contribution in [2.24, 2.45) is 0 Å². The highest BCUT2D eigenvalue weighted by Crippen LogP contribution is 2.44. The molecule has 7 nitrogen and oxygen atoms in total. The molecule has 4 aromatic carbocycles. The normalized spacial score (nSPS) is 12.5. The van der Waals surface area contributed by atoms with Gasteiger partial charge in [-0.3, -0.25) is 4.79 Å². The molecule has 7 heteroatoms. The van der Waals surface area contributed by atoms with Crippen molar-refractivity contribution >= 4 is 28.8 Å². The minimum atomic E-state index is -1.10. The summed E-state index contributed by atoms with van der Waals surface area (Å²) in [6.07, 6.45) is -0.560. The number of hydrogen-bond acceptors (Lipinski definition) is 4. The lowest BCUT2D eigenvalue weighted by Crippen LogP contribution is -2.42. The number of benzene rings is 4. The third-order valence-electron chi connectivity index (χ3n) is 6.19. The Hall–Kier alpha value is -4.65. The van der Waals surface area contributed by atoms with Crippen molar-refractivity contribution < 1.29 is 29.3 Å². The standard InChI is InChI=1S/C28H23NO4.C2H4O2/c30-27(31)26(16-18-13-14-19-7-1-2-8-20(19)15-18)29-28(32)33-17-25-23-11-5-3-9-21(23)22-10-4-6-12-24(22)25;1-2(3)4/h1-15,25-26H,16-17H2,(H,29,32)(H,30,31);1H3,(H,3,4). The average molecular weight is 498 g/mol. The fourth-order valence-electron chi connectivity index (χ4n) is 4.58. The summed E-state index contributed by atoms with van der Waals surface area (Å²) < 4.78 is 5.51. The summed E-state index contributed by atoms with van der Waals surface area (Å²) in [7, 11) is 0. The third kappa shape index (κ3) is 6.13. The van der Waals surface area contributed by atoms with Crippen LogP contribution < -0.4 is 5.32 Å². The van der Waals surface area contributed by atoms with Crippen LogP contribution in [0.2, 0.25) is 0 Å². The molecule has 0 aromatic heterocycles. The predicted molar refractivity (Wildman–Crippen MR) is 141 cm³/mol. The number of hydrogen-bond donors (Lipinski definition) is 3. The molecule has 0 saturated heterocycles. The SMILES string of the molecule is CC(=O)O.O=C(NC(Cc1ccc2ccccc2c1)C(=O)O)OCC1c2ccccc2-c2ccccc21. The topological polar surface area (TPSA) is 113 Å². The van der Waals surface area contributed by atoms with Crippen LogP contribution in [-0.2, 0) is 20.7 Å². The molecular formula is C30H27NO6. The molecule has 0 spiro atoms. The molecule has 188 valence electrons. The summed E-state index contributed by atoms with van der Waals surface area (Å²) in [5, 5.41) is 21.7. The van der Waals surface area contributed by atoms with Gasteiger partial charge in [0, 0.05) is 19.3 Å². The summed E-state index contributed by atoms with van der Waals surface area (Å²) >= 11 is 0. The van der Waals surface area contributed by atoms with Crippen molar-refractivity contribution in [1.82, 2.24) is 5.32 Å². The Morgan fingerprint density at radius 1 is 0.811 bits per heavy atom. The van der Waals surface area contributed by atoms with Gasteiger partial charge in [0.25, 0.3) is 5.97 Å². The van der Waals surface area contributed by atoms with Crippen molar-refractivity contribution in [2.75, 3.05) is 6.61 Å². The number of fused-ring (bicyclic) bond motifs is 4. The summed E-state index contributed by atoms with van der Waals surface area (Å²) in [5.41, 5.74) is 5.33. The van der Waals surface area contributed by atoms with Crippen molar-refractivity contribution in [3.63, 3.8) is 0 Å². The quantitative estimate of drug-likeness (QED) is 0.326. The largest absolute Gasteiger partial charge is 0.481 e. The van der Waals surface area contributed by atoms with Gasteiger partial charge >= 0.3 is 12.1 Å². The lowest BCUT2D eigenvalue weighted by molar-refractivity contribution is -0.139. The van der Waals surface area contributed by atoms with E-state index in [1.807, 2.05) is 78.9 Å². The van der Waals surface area contributed by atoms with Gasteiger partial charge in [0.1, 0.15) is 12.6 Å². The van der Waals surface area contributed by atoms with Crippen LogP contribution in [0.3, 0.4) is 0 Å². The van der Waals surface area contributed by atoms with Crippen LogP contribution in [0.15, 0.2) is 91.0 Å². The number of carboxylic acid groups (broad SMARTS) is 2. The number of carboxylic acids is 2. The Bertz CT molecular complexity index is 1400. The van der Waals surface area contributed by atoms with Crippen molar-refractivity contribution in [2.45, 2.75) is 25.3 Å². The molecule has 0 saturated carbocycles. The zero-order chi connectivity index (χ0) is 26.4. The number of amides is 1. The number of carbonyl (C=O) groups is 3. The summed E-state index contributed by atoms with van der Waals surface area (Å²) in [5.74, 6) is -2.01. The molecule has 1 aliphatic carbocycles. The second kappa shape index (κ2) is 11.4. The number of ether oxygens (including phenoxy) is 1. The van der Waals surface area contributed by atoms with Gasteiger partial charge in [-0.2, -0.15) is 0 Å². The Kier molecular flexibility index (Phi) is 7.83. The predicted octanol–water partition coefficient (Wildman–Crippen LogP) is 5.47. The molecular weight excluding hydrogens is 470 g/mol. The van der Waals surface area contributed by atoms with E-state index in [2.05, 4.69) is 17.4 Å². The number of carbonyl (C=O) groups excluding carboxylic acids is 1. The van der Waals surface area contributed by atoms with E-state index >= 15 is 0 Å². The van der Waals surface area contributed by atoms with Crippen LogP contribution in [0.25, 0.3) is 21.9 Å². The van der Waals surface area contributed by atoms with E-state index in [9.17, 15) is 14.7 Å². The number of rotatable bonds is 6. The fourth-order valence-corrected chi connectivity index (χ4v) is 4.58. The van der Waals surface area contributed by atoms with Crippen LogP contribution in [0, 0.1) is 0 Å². The highest BCUT2D eigenvalue weighted by molar-refractivity contribution is 5.84. The van der Waals surface area contributed by atoms with Gasteiger partial charge in [0.05, 0.1) is 0 Å². The van der Waals surface area contributed by atoms with E-state index in [0.717, 1.165) is 45.5 Å².